The van der Waals surface area contributed by atoms with E-state index in [0.29, 0.717) is 16.6 Å². The summed E-state index contributed by atoms with van der Waals surface area (Å²) in [5.41, 5.74) is 1.01. The Morgan fingerprint density at radius 1 is 1.21 bits per heavy atom. The summed E-state index contributed by atoms with van der Waals surface area (Å²) in [6.45, 7) is -5.46. The zero-order valence-electron chi connectivity index (χ0n) is 17.6. The zero-order chi connectivity index (χ0) is 24.5. The first-order chi connectivity index (χ1) is 16.3. The van der Waals surface area contributed by atoms with Crippen LogP contribution in [0.5, 0.6) is 5.75 Å². The number of ether oxygens (including phenoxy) is 1. The van der Waals surface area contributed by atoms with E-state index in [1.165, 1.54) is 18.2 Å². The second-order valence-electron chi connectivity index (χ2n) is 7.72. The van der Waals surface area contributed by atoms with Gasteiger partial charge in [0.1, 0.15) is 35.8 Å². The van der Waals surface area contributed by atoms with Crippen LogP contribution in [0, 0.1) is 11.3 Å². The van der Waals surface area contributed by atoms with E-state index in [4.69, 9.17) is 0 Å². The molecule has 13 heteroatoms. The van der Waals surface area contributed by atoms with Crippen LogP contribution in [0.25, 0.3) is 22.4 Å². The van der Waals surface area contributed by atoms with E-state index in [2.05, 4.69) is 20.8 Å². The minimum atomic E-state index is -4.27. The Morgan fingerprint density at radius 3 is 2.41 bits per heavy atom. The standard InChI is InChI=1S/C21H19F4N5O3S/c22-7-12(8-23)29-34(31,32)15-10-27-20(28-11-15)19-17(9-26)16-5-4-14(33-21(24)25)6-18(16)30(19)13-2-1-3-13/h4-6,10-13,21,29H,1-3,7-8H2. The molecule has 1 saturated carbocycles. The molecule has 0 amide bonds. The van der Waals surface area contributed by atoms with E-state index in [9.17, 15) is 31.2 Å². The lowest BCUT2D eigenvalue weighted by molar-refractivity contribution is -0.0497. The third-order valence-electron chi connectivity index (χ3n) is 5.60. The predicted molar refractivity (Wildman–Crippen MR) is 113 cm³/mol. The maximum atomic E-state index is 12.7. The first-order valence-corrected chi connectivity index (χ1v) is 11.8. The van der Waals surface area contributed by atoms with Crippen LogP contribution >= 0.6 is 0 Å². The van der Waals surface area contributed by atoms with E-state index >= 15 is 0 Å². The van der Waals surface area contributed by atoms with Crippen LogP contribution in [0.1, 0.15) is 30.9 Å². The second kappa shape index (κ2) is 9.55. The smallest absolute Gasteiger partial charge is 0.387 e. The molecule has 4 rings (SSSR count). The third-order valence-corrected chi connectivity index (χ3v) is 7.07. The van der Waals surface area contributed by atoms with E-state index in [0.717, 1.165) is 31.7 Å². The van der Waals surface area contributed by atoms with Gasteiger partial charge in [-0.1, -0.05) is 0 Å². The molecule has 1 aromatic carbocycles. The summed E-state index contributed by atoms with van der Waals surface area (Å²) < 4.78 is 83.9. The topological polar surface area (TPSA) is 110 Å². The van der Waals surface area contributed by atoms with Gasteiger partial charge in [0.2, 0.25) is 10.0 Å². The summed E-state index contributed by atoms with van der Waals surface area (Å²) >= 11 is 0. The number of hydrogen-bond acceptors (Lipinski definition) is 6. The third kappa shape index (κ3) is 4.43. The van der Waals surface area contributed by atoms with E-state index in [1.807, 2.05) is 4.72 Å². The molecule has 0 unspecified atom stereocenters. The van der Waals surface area contributed by atoms with Gasteiger partial charge >= 0.3 is 6.61 Å². The quantitative estimate of drug-likeness (QED) is 0.450. The number of nitrogens with one attached hydrogen (secondary N) is 1. The first-order valence-electron chi connectivity index (χ1n) is 10.3. The summed E-state index contributed by atoms with van der Waals surface area (Å²) in [7, 11) is -4.27. The van der Waals surface area contributed by atoms with Crippen molar-refractivity contribution >= 4 is 20.9 Å². The molecule has 180 valence electrons. The van der Waals surface area contributed by atoms with Crippen molar-refractivity contribution in [1.82, 2.24) is 19.3 Å². The van der Waals surface area contributed by atoms with E-state index in [1.54, 1.807) is 4.57 Å². The minimum absolute atomic E-state index is 0.0371. The van der Waals surface area contributed by atoms with Crippen LogP contribution in [0.2, 0.25) is 0 Å². The molecular formula is C21H19F4N5O3S. The number of fused-ring (bicyclic) bond motifs is 1. The van der Waals surface area contributed by atoms with Crippen LogP contribution in [0.15, 0.2) is 35.5 Å². The molecule has 2 aromatic heterocycles. The van der Waals surface area contributed by atoms with Crippen LogP contribution in [-0.4, -0.2) is 49.0 Å². The number of halogens is 4. The largest absolute Gasteiger partial charge is 0.435 e. The normalized spacial score (nSPS) is 14.5. The van der Waals surface area contributed by atoms with Crippen LogP contribution in [0.3, 0.4) is 0 Å². The zero-order valence-corrected chi connectivity index (χ0v) is 18.4. The maximum Gasteiger partial charge on any atom is 0.387 e. The molecule has 34 heavy (non-hydrogen) atoms. The Balaban J connectivity index is 1.81. The summed E-state index contributed by atoms with van der Waals surface area (Å²) in [4.78, 5) is 7.82. The van der Waals surface area contributed by atoms with Gasteiger partial charge in [0.25, 0.3) is 0 Å². The number of hydrogen-bond donors (Lipinski definition) is 1. The molecule has 0 atom stereocenters. The van der Waals surface area contributed by atoms with Gasteiger partial charge in [-0.15, -0.1) is 0 Å². The Labute approximate surface area is 192 Å². The lowest BCUT2D eigenvalue weighted by Crippen LogP contribution is -2.38. The molecule has 3 aromatic rings. The van der Waals surface area contributed by atoms with Gasteiger partial charge in [-0.05, 0) is 31.4 Å². The monoisotopic (exact) mass is 497 g/mol. The molecular weight excluding hydrogens is 478 g/mol. The Kier molecular flexibility index (Phi) is 6.72. The lowest BCUT2D eigenvalue weighted by atomic mass is 9.92. The average Bonchev–Trinajstić information content (AvgIpc) is 3.09. The molecule has 0 bridgehead atoms. The van der Waals surface area contributed by atoms with Crippen molar-refractivity contribution in [1.29, 1.82) is 5.26 Å². The molecule has 8 nitrogen and oxygen atoms in total. The molecule has 0 saturated heterocycles. The SMILES string of the molecule is N#Cc1c(-c2ncc(S(=O)(=O)NC(CF)CF)cn2)n(C2CCC2)c2cc(OC(F)F)ccc12. The molecule has 0 spiro atoms. The van der Waals surface area contributed by atoms with Gasteiger partial charge in [-0.2, -0.15) is 14.0 Å². The lowest BCUT2D eigenvalue weighted by Gasteiger charge is -2.29. The number of nitrogens with zero attached hydrogens (tertiary/aromatic N) is 4. The highest BCUT2D eigenvalue weighted by Crippen LogP contribution is 2.42. The van der Waals surface area contributed by atoms with Gasteiger partial charge < -0.3 is 9.30 Å². The van der Waals surface area contributed by atoms with Gasteiger partial charge in [-0.3, -0.25) is 0 Å². The van der Waals surface area contributed by atoms with Crippen molar-refractivity contribution in [2.45, 2.75) is 42.9 Å². The van der Waals surface area contributed by atoms with Gasteiger partial charge in [0.15, 0.2) is 5.82 Å². The fraction of sp³-hybridized carbons (Fsp3) is 0.381. The number of nitriles is 1. The van der Waals surface area contributed by atoms with Crippen molar-refractivity contribution in [2.24, 2.45) is 0 Å². The van der Waals surface area contributed by atoms with Crippen LogP contribution in [-0.2, 0) is 10.0 Å². The maximum absolute atomic E-state index is 12.7. The molecule has 1 fully saturated rings. The summed E-state index contributed by atoms with van der Waals surface area (Å²) in [6.07, 6.45) is 4.46. The number of alkyl halides is 4. The molecule has 1 N–H and O–H groups in total. The fourth-order valence-electron chi connectivity index (χ4n) is 3.79. The predicted octanol–water partition coefficient (Wildman–Crippen LogP) is 3.88. The minimum Gasteiger partial charge on any atom is -0.435 e. The number of rotatable bonds is 9. The molecule has 1 aliphatic carbocycles. The van der Waals surface area contributed by atoms with Crippen molar-refractivity contribution in [3.8, 4) is 23.3 Å². The molecule has 0 aliphatic heterocycles. The first kappa shape index (κ1) is 23.9. The number of sulfonamides is 1. The van der Waals surface area contributed by atoms with Crippen LogP contribution in [0.4, 0.5) is 17.6 Å². The van der Waals surface area contributed by atoms with Crippen LogP contribution < -0.4 is 9.46 Å². The summed E-state index contributed by atoms with van der Waals surface area (Å²) in [5, 5.41) is 10.4. The van der Waals surface area contributed by atoms with Gasteiger partial charge in [0.05, 0.1) is 29.5 Å². The Bertz CT molecular complexity index is 1330. The Hall–Kier alpha value is -3.24. The van der Waals surface area contributed by atoms with E-state index < -0.39 is 40.9 Å². The highest BCUT2D eigenvalue weighted by atomic mass is 32.2. The van der Waals surface area contributed by atoms with Crippen molar-refractivity contribution in [2.75, 3.05) is 13.3 Å². The van der Waals surface area contributed by atoms with Crippen molar-refractivity contribution < 1.29 is 30.7 Å². The Morgan fingerprint density at radius 2 is 1.88 bits per heavy atom. The van der Waals surface area contributed by atoms with Crippen molar-refractivity contribution in [3.63, 3.8) is 0 Å². The summed E-state index contributed by atoms with van der Waals surface area (Å²) in [6, 6.07) is 4.79. The van der Waals surface area contributed by atoms with E-state index in [-0.39, 0.29) is 23.2 Å². The van der Waals surface area contributed by atoms with Crippen molar-refractivity contribution in [3.05, 3.63) is 36.2 Å². The fourth-order valence-corrected chi connectivity index (χ4v) is 4.88. The second-order valence-corrected chi connectivity index (χ2v) is 9.43. The molecule has 2 heterocycles. The highest BCUT2D eigenvalue weighted by molar-refractivity contribution is 7.89. The number of aromatic nitrogens is 3. The van der Waals surface area contributed by atoms with Gasteiger partial charge in [-0.25, -0.2) is 31.9 Å². The van der Waals surface area contributed by atoms with Gasteiger partial charge in [0, 0.05) is 17.5 Å². The number of benzene rings is 1. The summed E-state index contributed by atoms with van der Waals surface area (Å²) in [5.74, 6) is -0.0252. The highest BCUT2D eigenvalue weighted by Gasteiger charge is 2.30. The average molecular weight is 497 g/mol. The molecule has 1 aliphatic rings. The molecule has 0 radical (unpaired) electrons.